The van der Waals surface area contributed by atoms with E-state index in [1.165, 1.54) is 35.2 Å². The maximum atomic E-state index is 14.5. The Morgan fingerprint density at radius 3 is 2.09 bits per heavy atom. The molecule has 4 aromatic carbocycles. The maximum absolute atomic E-state index is 14.5. The van der Waals surface area contributed by atoms with E-state index < -0.39 is 28.5 Å². The van der Waals surface area contributed by atoms with Gasteiger partial charge in [0.25, 0.3) is 10.0 Å². The molecule has 4 aromatic rings. The standard InChI is InChI=1S/C34H34Cl3N3O4S/c1-3-17-38-34(42)32(18-25-9-5-4-6-10-25)39(22-26-11-7-8-12-31(26)37)33(41)23-40(29-20-27(35)19-28(36)21-29)45(43,44)30-15-13-24(2)14-16-30/h4-16,19-21,32H,3,17-18,22-23H2,1-2H3,(H,38,42)/t32-/m1/s1. The average Bonchev–Trinajstić information content (AvgIpc) is 3.01. The molecular formula is C34H34Cl3N3O4S. The summed E-state index contributed by atoms with van der Waals surface area (Å²) >= 11 is 19.1. The Morgan fingerprint density at radius 1 is 0.844 bits per heavy atom. The first-order valence-electron chi connectivity index (χ1n) is 14.4. The highest BCUT2D eigenvalue weighted by Crippen LogP contribution is 2.31. The number of sulfonamides is 1. The largest absolute Gasteiger partial charge is 0.354 e. The number of halogens is 3. The zero-order chi connectivity index (χ0) is 32.6. The van der Waals surface area contributed by atoms with E-state index in [-0.39, 0.29) is 39.5 Å². The van der Waals surface area contributed by atoms with Gasteiger partial charge in [-0.3, -0.25) is 13.9 Å². The minimum Gasteiger partial charge on any atom is -0.354 e. The van der Waals surface area contributed by atoms with Crippen LogP contribution in [0, 0.1) is 6.92 Å². The monoisotopic (exact) mass is 685 g/mol. The van der Waals surface area contributed by atoms with Crippen molar-refractivity contribution in [2.24, 2.45) is 0 Å². The number of amides is 2. The highest BCUT2D eigenvalue weighted by molar-refractivity contribution is 7.92. The summed E-state index contributed by atoms with van der Waals surface area (Å²) in [4.78, 5) is 29.6. The van der Waals surface area contributed by atoms with Gasteiger partial charge in [0, 0.05) is 34.6 Å². The lowest BCUT2D eigenvalue weighted by atomic mass is 10.0. The highest BCUT2D eigenvalue weighted by Gasteiger charge is 2.35. The lowest BCUT2D eigenvalue weighted by Crippen LogP contribution is -2.53. The molecule has 2 amide bonds. The van der Waals surface area contributed by atoms with Gasteiger partial charge in [-0.05, 0) is 60.9 Å². The lowest BCUT2D eigenvalue weighted by molar-refractivity contribution is -0.140. The van der Waals surface area contributed by atoms with Crippen LogP contribution in [0.5, 0.6) is 0 Å². The van der Waals surface area contributed by atoms with Crippen molar-refractivity contribution in [2.75, 3.05) is 17.4 Å². The minimum absolute atomic E-state index is 0.0174. The first-order valence-corrected chi connectivity index (χ1v) is 17.0. The van der Waals surface area contributed by atoms with Crippen LogP contribution in [0.25, 0.3) is 0 Å². The molecule has 0 fully saturated rings. The zero-order valence-corrected chi connectivity index (χ0v) is 28.0. The van der Waals surface area contributed by atoms with E-state index in [4.69, 9.17) is 34.8 Å². The number of nitrogens with one attached hydrogen (secondary N) is 1. The van der Waals surface area contributed by atoms with Gasteiger partial charge in [0.05, 0.1) is 10.6 Å². The molecular weight excluding hydrogens is 653 g/mol. The number of carbonyl (C=O) groups excluding carboxylic acids is 2. The van der Waals surface area contributed by atoms with Crippen molar-refractivity contribution in [3.8, 4) is 0 Å². The van der Waals surface area contributed by atoms with E-state index in [1.807, 2.05) is 44.2 Å². The molecule has 0 radical (unpaired) electrons. The molecule has 7 nitrogen and oxygen atoms in total. The minimum atomic E-state index is -4.29. The molecule has 0 saturated heterocycles. The highest BCUT2D eigenvalue weighted by atomic mass is 35.5. The van der Waals surface area contributed by atoms with Crippen LogP contribution in [0.1, 0.15) is 30.0 Å². The molecule has 0 aliphatic carbocycles. The summed E-state index contributed by atoms with van der Waals surface area (Å²) in [5.74, 6) is -0.978. The summed E-state index contributed by atoms with van der Waals surface area (Å²) in [6.07, 6.45) is 0.890. The van der Waals surface area contributed by atoms with E-state index in [2.05, 4.69) is 5.32 Å². The Hall–Kier alpha value is -3.56. The van der Waals surface area contributed by atoms with Crippen LogP contribution in [0.3, 0.4) is 0 Å². The summed E-state index contributed by atoms with van der Waals surface area (Å²) in [6, 6.07) is 26.0. The quantitative estimate of drug-likeness (QED) is 0.160. The topological polar surface area (TPSA) is 86.8 Å². The Morgan fingerprint density at radius 2 is 1.47 bits per heavy atom. The second-order valence-corrected chi connectivity index (χ2v) is 13.7. The fraction of sp³-hybridized carbons (Fsp3) is 0.235. The van der Waals surface area contributed by atoms with Gasteiger partial charge in [-0.15, -0.1) is 0 Å². The van der Waals surface area contributed by atoms with Crippen LogP contribution < -0.4 is 9.62 Å². The molecule has 4 rings (SSSR count). The van der Waals surface area contributed by atoms with Crippen molar-refractivity contribution in [3.05, 3.63) is 129 Å². The number of hydrogen-bond acceptors (Lipinski definition) is 4. The summed E-state index contributed by atoms with van der Waals surface area (Å²) in [7, 11) is -4.29. The van der Waals surface area contributed by atoms with Crippen molar-refractivity contribution in [1.29, 1.82) is 0 Å². The number of aryl methyl sites for hydroxylation is 1. The molecule has 0 aliphatic heterocycles. The van der Waals surface area contributed by atoms with Gasteiger partial charge < -0.3 is 10.2 Å². The van der Waals surface area contributed by atoms with Crippen molar-refractivity contribution in [2.45, 2.75) is 44.2 Å². The average molecular weight is 687 g/mol. The fourth-order valence-electron chi connectivity index (χ4n) is 4.78. The first-order chi connectivity index (χ1) is 21.5. The molecule has 45 heavy (non-hydrogen) atoms. The van der Waals surface area contributed by atoms with Gasteiger partial charge in [0.1, 0.15) is 12.6 Å². The third kappa shape index (κ3) is 9.01. The molecule has 0 spiro atoms. The number of carbonyl (C=O) groups is 2. The third-order valence-corrected chi connectivity index (χ3v) is 9.74. The van der Waals surface area contributed by atoms with Crippen LogP contribution in [-0.2, 0) is 32.6 Å². The Bertz CT molecular complexity index is 1720. The van der Waals surface area contributed by atoms with E-state index in [9.17, 15) is 18.0 Å². The summed E-state index contributed by atoms with van der Waals surface area (Å²) in [5, 5.41) is 3.72. The van der Waals surface area contributed by atoms with Crippen molar-refractivity contribution < 1.29 is 18.0 Å². The van der Waals surface area contributed by atoms with Crippen LogP contribution in [-0.4, -0.2) is 44.3 Å². The van der Waals surface area contributed by atoms with Crippen LogP contribution in [0.2, 0.25) is 15.1 Å². The Balaban J connectivity index is 1.83. The predicted octanol–water partition coefficient (Wildman–Crippen LogP) is 7.32. The van der Waals surface area contributed by atoms with Crippen molar-refractivity contribution >= 4 is 62.3 Å². The molecule has 1 atom stereocenters. The van der Waals surface area contributed by atoms with Gasteiger partial charge in [-0.1, -0.05) is 108 Å². The van der Waals surface area contributed by atoms with Gasteiger partial charge in [0.15, 0.2) is 0 Å². The zero-order valence-electron chi connectivity index (χ0n) is 24.9. The SMILES string of the molecule is CCCNC(=O)[C@@H](Cc1ccccc1)N(Cc1ccccc1Cl)C(=O)CN(c1cc(Cl)cc(Cl)c1)S(=O)(=O)c1ccc(C)cc1. The van der Waals surface area contributed by atoms with Gasteiger partial charge >= 0.3 is 0 Å². The van der Waals surface area contributed by atoms with E-state index >= 15 is 0 Å². The molecule has 0 heterocycles. The van der Waals surface area contributed by atoms with Gasteiger partial charge in [0.2, 0.25) is 11.8 Å². The van der Waals surface area contributed by atoms with E-state index in [0.717, 1.165) is 15.4 Å². The Labute approximate surface area is 279 Å². The molecule has 236 valence electrons. The second-order valence-electron chi connectivity index (χ2n) is 10.6. The second kappa shape index (κ2) is 15.6. The molecule has 0 bridgehead atoms. The van der Waals surface area contributed by atoms with Crippen LogP contribution in [0.4, 0.5) is 5.69 Å². The number of hydrogen-bond donors (Lipinski definition) is 1. The van der Waals surface area contributed by atoms with E-state index in [0.29, 0.717) is 23.6 Å². The molecule has 0 saturated carbocycles. The summed E-state index contributed by atoms with van der Waals surface area (Å²) in [5.41, 5.74) is 2.41. The molecule has 1 N–H and O–H groups in total. The molecule has 0 aliphatic rings. The fourth-order valence-corrected chi connectivity index (χ4v) is 6.89. The van der Waals surface area contributed by atoms with Crippen LogP contribution >= 0.6 is 34.8 Å². The van der Waals surface area contributed by atoms with Crippen LogP contribution in [0.15, 0.2) is 102 Å². The number of benzene rings is 4. The van der Waals surface area contributed by atoms with Gasteiger partial charge in [-0.2, -0.15) is 0 Å². The third-order valence-electron chi connectivity index (χ3n) is 7.14. The number of nitrogens with zero attached hydrogens (tertiary/aromatic N) is 2. The first kappa shape index (κ1) is 34.3. The molecule has 11 heteroatoms. The van der Waals surface area contributed by atoms with E-state index in [1.54, 1.807) is 36.4 Å². The molecule has 0 aromatic heterocycles. The number of anilines is 1. The predicted molar refractivity (Wildman–Crippen MR) is 181 cm³/mol. The summed E-state index contributed by atoms with van der Waals surface area (Å²) in [6.45, 7) is 3.52. The molecule has 0 unspecified atom stereocenters. The maximum Gasteiger partial charge on any atom is 0.264 e. The van der Waals surface area contributed by atoms with Crippen molar-refractivity contribution in [3.63, 3.8) is 0 Å². The van der Waals surface area contributed by atoms with Gasteiger partial charge in [-0.25, -0.2) is 8.42 Å². The smallest absolute Gasteiger partial charge is 0.264 e. The summed E-state index contributed by atoms with van der Waals surface area (Å²) < 4.78 is 29.3. The lowest BCUT2D eigenvalue weighted by Gasteiger charge is -2.34. The van der Waals surface area contributed by atoms with Crippen molar-refractivity contribution in [1.82, 2.24) is 10.2 Å². The normalized spacial score (nSPS) is 11.9. The number of rotatable bonds is 13. The Kier molecular flexibility index (Phi) is 11.9.